The van der Waals surface area contributed by atoms with Gasteiger partial charge in [-0.2, -0.15) is 0 Å². The zero-order chi connectivity index (χ0) is 18.2. The quantitative estimate of drug-likeness (QED) is 0.359. The van der Waals surface area contributed by atoms with Gasteiger partial charge < -0.3 is 4.42 Å². The second-order valence-corrected chi connectivity index (χ2v) is 7.12. The van der Waals surface area contributed by atoms with Crippen LogP contribution in [0.4, 0.5) is 0 Å². The van der Waals surface area contributed by atoms with Crippen LogP contribution in [0.2, 0.25) is 0 Å². The molecule has 0 bridgehead atoms. The van der Waals surface area contributed by atoms with E-state index in [0.29, 0.717) is 0 Å². The predicted molar refractivity (Wildman–Crippen MR) is 112 cm³/mol. The molecule has 0 saturated heterocycles. The number of hydrogen-bond acceptors (Lipinski definition) is 3. The zero-order valence-electron chi connectivity index (χ0n) is 14.8. The first-order valence-corrected chi connectivity index (χ1v) is 9.27. The van der Waals surface area contributed by atoms with Crippen LogP contribution < -0.4 is 0 Å². The molecule has 0 unspecified atom stereocenters. The lowest BCUT2D eigenvalue weighted by atomic mass is 10.1. The molecule has 0 N–H and O–H groups in total. The highest BCUT2D eigenvalue weighted by Crippen LogP contribution is 2.41. The fourth-order valence-electron chi connectivity index (χ4n) is 4.47. The average molecular weight is 359 g/mol. The summed E-state index contributed by atoms with van der Waals surface area (Å²) in [4.78, 5) is 9.27. The molecule has 0 radical (unpaired) electrons. The van der Waals surface area contributed by atoms with E-state index in [-0.39, 0.29) is 0 Å². The van der Waals surface area contributed by atoms with Crippen molar-refractivity contribution in [2.24, 2.45) is 0 Å². The fraction of sp³-hybridized carbons (Fsp3) is 0. The lowest BCUT2D eigenvalue weighted by Gasteiger charge is -2.02. The van der Waals surface area contributed by atoms with Gasteiger partial charge in [-0.05, 0) is 29.7 Å². The molecule has 0 amide bonds. The van der Waals surface area contributed by atoms with Crippen LogP contribution in [0.5, 0.6) is 0 Å². The van der Waals surface area contributed by atoms with Crippen molar-refractivity contribution in [2.45, 2.75) is 0 Å². The van der Waals surface area contributed by atoms with E-state index in [4.69, 9.17) is 4.42 Å². The van der Waals surface area contributed by atoms with Crippen LogP contribution in [0.25, 0.3) is 60.6 Å². The highest BCUT2D eigenvalue weighted by Gasteiger charge is 2.22. The largest absolute Gasteiger partial charge is 0.437 e. The number of nitrogens with zero attached hydrogens (tertiary/aromatic N) is 3. The highest BCUT2D eigenvalue weighted by molar-refractivity contribution is 6.21. The van der Waals surface area contributed by atoms with Gasteiger partial charge in [-0.1, -0.05) is 42.5 Å². The number of pyridine rings is 2. The monoisotopic (exact) mass is 359 g/mol. The Hall–Kier alpha value is -3.92. The smallest absolute Gasteiger partial charge is 0.213 e. The Bertz CT molecular complexity index is 1670. The number of para-hydroxylation sites is 1. The molecule has 0 saturated carbocycles. The summed E-state index contributed by atoms with van der Waals surface area (Å²) < 4.78 is 8.62. The van der Waals surface area contributed by atoms with E-state index in [9.17, 15) is 0 Å². The van der Waals surface area contributed by atoms with Gasteiger partial charge in [-0.15, -0.1) is 0 Å². The first kappa shape index (κ1) is 14.2. The van der Waals surface area contributed by atoms with E-state index in [2.05, 4.69) is 62.9 Å². The molecule has 130 valence electrons. The Labute approximate surface area is 159 Å². The maximum atomic E-state index is 6.43. The molecule has 28 heavy (non-hydrogen) atoms. The van der Waals surface area contributed by atoms with E-state index in [1.807, 2.05) is 30.6 Å². The number of furan rings is 1. The molecule has 0 aliphatic heterocycles. The molecule has 4 heteroatoms. The molecular weight excluding hydrogens is 346 g/mol. The normalized spacial score (nSPS) is 12.3. The first-order chi connectivity index (χ1) is 13.9. The minimum atomic E-state index is 0.787. The van der Waals surface area contributed by atoms with Crippen LogP contribution in [0.15, 0.2) is 83.5 Å². The molecular formula is C24H13N3O. The Morgan fingerprint density at radius 3 is 2.50 bits per heavy atom. The van der Waals surface area contributed by atoms with Crippen molar-refractivity contribution in [1.82, 2.24) is 14.4 Å². The van der Waals surface area contributed by atoms with Crippen molar-refractivity contribution in [2.75, 3.05) is 0 Å². The van der Waals surface area contributed by atoms with Gasteiger partial charge in [0, 0.05) is 33.9 Å². The van der Waals surface area contributed by atoms with Crippen molar-refractivity contribution in [3.8, 4) is 11.5 Å². The van der Waals surface area contributed by atoms with Gasteiger partial charge in [0.25, 0.3) is 0 Å². The van der Waals surface area contributed by atoms with Crippen molar-refractivity contribution in [1.29, 1.82) is 0 Å². The number of hydrogen-bond donors (Lipinski definition) is 0. The van der Waals surface area contributed by atoms with E-state index < -0.39 is 0 Å². The topological polar surface area (TPSA) is 43.3 Å². The summed E-state index contributed by atoms with van der Waals surface area (Å²) in [6.45, 7) is 0. The van der Waals surface area contributed by atoms with Crippen molar-refractivity contribution >= 4 is 49.2 Å². The van der Waals surface area contributed by atoms with Gasteiger partial charge in [-0.25, -0.2) is 0 Å². The summed E-state index contributed by atoms with van der Waals surface area (Å²) in [5, 5.41) is 5.65. The summed E-state index contributed by atoms with van der Waals surface area (Å²) in [5.74, 6) is 0.787. The van der Waals surface area contributed by atoms with Crippen LogP contribution in [-0.4, -0.2) is 14.4 Å². The third kappa shape index (κ3) is 1.61. The number of benzene rings is 2. The summed E-state index contributed by atoms with van der Waals surface area (Å²) in [6, 6.07) is 22.8. The van der Waals surface area contributed by atoms with E-state index in [1.54, 1.807) is 0 Å². The first-order valence-electron chi connectivity index (χ1n) is 9.27. The number of rotatable bonds is 1. The number of fused-ring (bicyclic) bond motifs is 7. The van der Waals surface area contributed by atoms with Crippen LogP contribution in [0.1, 0.15) is 0 Å². The standard InChI is InChI=1S/C24H13N3O/c1-2-6-15-14(5-1)9-11-25-21(15)20-13-18-16-10-12-26-22-17-7-3-4-8-19(17)27(23(16)22)24(18)28-20/h1-13H. The van der Waals surface area contributed by atoms with Crippen molar-refractivity contribution in [3.05, 3.63) is 79.1 Å². The summed E-state index contributed by atoms with van der Waals surface area (Å²) >= 11 is 0. The van der Waals surface area contributed by atoms with Crippen LogP contribution >= 0.6 is 0 Å². The van der Waals surface area contributed by atoms with Crippen molar-refractivity contribution in [3.63, 3.8) is 0 Å². The van der Waals surface area contributed by atoms with E-state index in [1.165, 1.54) is 0 Å². The summed E-state index contributed by atoms with van der Waals surface area (Å²) in [5.41, 5.74) is 4.97. The molecule has 0 aliphatic carbocycles. The van der Waals surface area contributed by atoms with E-state index in [0.717, 1.165) is 60.6 Å². The van der Waals surface area contributed by atoms with Crippen LogP contribution in [0.3, 0.4) is 0 Å². The second kappa shape index (κ2) is 4.87. The molecule has 0 fully saturated rings. The fourth-order valence-corrected chi connectivity index (χ4v) is 4.47. The van der Waals surface area contributed by atoms with Crippen LogP contribution in [-0.2, 0) is 0 Å². The maximum absolute atomic E-state index is 6.43. The Morgan fingerprint density at radius 2 is 1.54 bits per heavy atom. The zero-order valence-corrected chi connectivity index (χ0v) is 14.8. The third-order valence-corrected chi connectivity index (χ3v) is 5.66. The van der Waals surface area contributed by atoms with Gasteiger partial charge in [0.05, 0.1) is 16.6 Å². The molecule has 4 nitrogen and oxygen atoms in total. The Balaban J connectivity index is 1.66. The van der Waals surface area contributed by atoms with Crippen molar-refractivity contribution < 1.29 is 4.42 Å². The van der Waals surface area contributed by atoms with Gasteiger partial charge >= 0.3 is 0 Å². The van der Waals surface area contributed by atoms with Gasteiger partial charge in [0.2, 0.25) is 5.71 Å². The van der Waals surface area contributed by atoms with E-state index >= 15 is 0 Å². The molecule has 5 aromatic heterocycles. The molecule has 0 atom stereocenters. The average Bonchev–Trinajstić information content (AvgIpc) is 3.40. The molecule has 0 aliphatic rings. The van der Waals surface area contributed by atoms with Gasteiger partial charge in [-0.3, -0.25) is 14.4 Å². The van der Waals surface area contributed by atoms with Crippen LogP contribution in [0, 0.1) is 0 Å². The minimum absolute atomic E-state index is 0.787. The Kier molecular flexibility index (Phi) is 2.46. The lowest BCUT2D eigenvalue weighted by Crippen LogP contribution is -1.84. The lowest BCUT2D eigenvalue weighted by molar-refractivity contribution is 0.614. The molecule has 7 rings (SSSR count). The molecule has 5 heterocycles. The van der Waals surface area contributed by atoms with Gasteiger partial charge in [0.1, 0.15) is 5.69 Å². The molecule has 2 aromatic carbocycles. The second-order valence-electron chi connectivity index (χ2n) is 7.12. The third-order valence-electron chi connectivity index (χ3n) is 5.66. The van der Waals surface area contributed by atoms with Gasteiger partial charge in [0.15, 0.2) is 5.76 Å². The molecule has 7 aromatic rings. The summed E-state index contributed by atoms with van der Waals surface area (Å²) in [7, 11) is 0. The SMILES string of the molecule is c1ccc2c(-c3cc4c5ccnc6c7ccccc7n(c4o3)c56)nccc2c1. The maximum Gasteiger partial charge on any atom is 0.213 e. The number of aromatic nitrogens is 3. The molecule has 0 spiro atoms. The minimum Gasteiger partial charge on any atom is -0.437 e. The summed E-state index contributed by atoms with van der Waals surface area (Å²) in [6.07, 6.45) is 3.72. The predicted octanol–water partition coefficient (Wildman–Crippen LogP) is 6.04. The Morgan fingerprint density at radius 1 is 0.714 bits per heavy atom. The highest BCUT2D eigenvalue weighted by atomic mass is 16.3.